The first-order valence-corrected chi connectivity index (χ1v) is 5.72. The second-order valence-electron chi connectivity index (χ2n) is 4.30. The Labute approximate surface area is 105 Å². The summed E-state index contributed by atoms with van der Waals surface area (Å²) in [4.78, 5) is 11.3. The van der Waals surface area contributed by atoms with E-state index in [1.807, 2.05) is 0 Å². The van der Waals surface area contributed by atoms with Gasteiger partial charge in [0.1, 0.15) is 0 Å². The number of nitrogens with one attached hydrogen (secondary N) is 2. The van der Waals surface area contributed by atoms with Gasteiger partial charge < -0.3 is 26.2 Å². The molecule has 1 aromatic rings. The number of ether oxygens (including phenoxy) is 1. The van der Waals surface area contributed by atoms with Crippen molar-refractivity contribution >= 4 is 23.0 Å². The first kappa shape index (κ1) is 12.7. The van der Waals surface area contributed by atoms with Crippen molar-refractivity contribution in [3.63, 3.8) is 0 Å². The topological polar surface area (TPSA) is 96.6 Å². The van der Waals surface area contributed by atoms with Crippen molar-refractivity contribution < 1.29 is 14.6 Å². The molecule has 5 N–H and O–H groups in total. The van der Waals surface area contributed by atoms with Gasteiger partial charge in [0.25, 0.3) is 0 Å². The number of nitrogens with two attached hydrogens (primary N) is 1. The lowest BCUT2D eigenvalue weighted by Gasteiger charge is -2.18. The number of carbonyl (C=O) groups is 1. The third-order valence-corrected chi connectivity index (χ3v) is 2.85. The van der Waals surface area contributed by atoms with Gasteiger partial charge in [-0.15, -0.1) is 0 Å². The van der Waals surface area contributed by atoms with Crippen molar-refractivity contribution in [3.8, 4) is 0 Å². The van der Waals surface area contributed by atoms with Crippen molar-refractivity contribution in [2.45, 2.75) is 12.5 Å². The van der Waals surface area contributed by atoms with Crippen LogP contribution < -0.4 is 16.4 Å². The van der Waals surface area contributed by atoms with Gasteiger partial charge in [0.05, 0.1) is 37.1 Å². The van der Waals surface area contributed by atoms with Gasteiger partial charge in [0, 0.05) is 12.8 Å². The Morgan fingerprint density at radius 3 is 3.06 bits per heavy atom. The number of hydrogen-bond donors (Lipinski definition) is 4. The normalized spacial score (nSPS) is 15.1. The zero-order chi connectivity index (χ0) is 13.1. The molecule has 0 fully saturated rings. The number of fused-ring (bicyclic) bond motifs is 1. The molecule has 1 atom stereocenters. The summed E-state index contributed by atoms with van der Waals surface area (Å²) in [5.41, 5.74) is 8.82. The Bertz CT molecular complexity index is 462. The third kappa shape index (κ3) is 2.55. The maximum absolute atomic E-state index is 11.3. The Kier molecular flexibility index (Phi) is 3.69. The second-order valence-corrected chi connectivity index (χ2v) is 4.30. The first-order valence-electron chi connectivity index (χ1n) is 5.72. The van der Waals surface area contributed by atoms with Crippen LogP contribution in [0.15, 0.2) is 12.1 Å². The smallest absolute Gasteiger partial charge is 0.228 e. The standard InChI is InChI=1S/C12H17N3O3/c1-18-6-8(5-16)14-11-4-10-7(2-9(11)13)3-12(17)15-10/h2,4,8,14,16H,3,5-6,13H2,1H3,(H,15,17). The number of rotatable bonds is 5. The van der Waals surface area contributed by atoms with Gasteiger partial charge >= 0.3 is 0 Å². The Morgan fingerprint density at radius 2 is 2.39 bits per heavy atom. The molecule has 0 saturated heterocycles. The summed E-state index contributed by atoms with van der Waals surface area (Å²) in [6.07, 6.45) is 0.362. The molecule has 2 rings (SSSR count). The zero-order valence-electron chi connectivity index (χ0n) is 10.2. The molecule has 0 bridgehead atoms. The summed E-state index contributed by atoms with van der Waals surface area (Å²) < 4.78 is 4.98. The second kappa shape index (κ2) is 5.24. The first-order chi connectivity index (χ1) is 8.63. The molecule has 18 heavy (non-hydrogen) atoms. The minimum Gasteiger partial charge on any atom is -0.397 e. The van der Waals surface area contributed by atoms with E-state index in [1.165, 1.54) is 0 Å². The lowest BCUT2D eigenvalue weighted by Crippen LogP contribution is -2.29. The highest BCUT2D eigenvalue weighted by Gasteiger charge is 2.20. The van der Waals surface area contributed by atoms with Crippen LogP contribution in [0.25, 0.3) is 0 Å². The van der Waals surface area contributed by atoms with Gasteiger partial charge in [0.15, 0.2) is 0 Å². The maximum Gasteiger partial charge on any atom is 0.228 e. The molecule has 1 unspecified atom stereocenters. The molecule has 1 heterocycles. The van der Waals surface area contributed by atoms with E-state index in [9.17, 15) is 9.90 Å². The van der Waals surface area contributed by atoms with Gasteiger partial charge in [-0.05, 0) is 17.7 Å². The average Bonchev–Trinajstić information content (AvgIpc) is 2.68. The Hall–Kier alpha value is -1.79. The quantitative estimate of drug-likeness (QED) is 0.560. The molecule has 1 aromatic carbocycles. The molecule has 0 radical (unpaired) electrons. The summed E-state index contributed by atoms with van der Waals surface area (Å²) in [7, 11) is 1.57. The van der Waals surface area contributed by atoms with E-state index in [2.05, 4.69) is 10.6 Å². The number of benzene rings is 1. The summed E-state index contributed by atoms with van der Waals surface area (Å²) >= 11 is 0. The minimum absolute atomic E-state index is 0.0304. The molecule has 0 saturated carbocycles. The predicted octanol–water partition coefficient (Wildman–Crippen LogP) is 0.183. The SMILES string of the molecule is COCC(CO)Nc1cc2c(cc1N)CC(=O)N2. The van der Waals surface area contributed by atoms with Gasteiger partial charge in [-0.2, -0.15) is 0 Å². The number of hydrogen-bond acceptors (Lipinski definition) is 5. The van der Waals surface area contributed by atoms with E-state index in [1.54, 1.807) is 19.2 Å². The van der Waals surface area contributed by atoms with Crippen LogP contribution in [0, 0.1) is 0 Å². The molecule has 0 aromatic heterocycles. The van der Waals surface area contributed by atoms with E-state index < -0.39 is 0 Å². The molecule has 6 nitrogen and oxygen atoms in total. The van der Waals surface area contributed by atoms with E-state index in [4.69, 9.17) is 10.5 Å². The Morgan fingerprint density at radius 1 is 1.61 bits per heavy atom. The molecule has 1 amide bonds. The number of aliphatic hydroxyl groups is 1. The van der Waals surface area contributed by atoms with E-state index >= 15 is 0 Å². The van der Waals surface area contributed by atoms with Crippen LogP contribution in [0.2, 0.25) is 0 Å². The molecule has 0 spiro atoms. The third-order valence-electron chi connectivity index (χ3n) is 2.85. The van der Waals surface area contributed by atoms with Crippen LogP contribution in [-0.4, -0.2) is 37.4 Å². The van der Waals surface area contributed by atoms with Crippen molar-refractivity contribution in [1.29, 1.82) is 0 Å². The molecular formula is C12H17N3O3. The van der Waals surface area contributed by atoms with Crippen LogP contribution in [-0.2, 0) is 16.0 Å². The number of nitrogen functional groups attached to an aromatic ring is 1. The summed E-state index contributed by atoms with van der Waals surface area (Å²) in [5, 5.41) is 15.0. The number of aliphatic hydroxyl groups excluding tert-OH is 1. The highest BCUT2D eigenvalue weighted by molar-refractivity contribution is 6.00. The summed E-state index contributed by atoms with van der Waals surface area (Å²) in [5.74, 6) is -0.0304. The minimum atomic E-state index is -0.229. The van der Waals surface area contributed by atoms with Gasteiger partial charge in [0.2, 0.25) is 5.91 Å². The van der Waals surface area contributed by atoms with Crippen LogP contribution in [0.4, 0.5) is 17.1 Å². The van der Waals surface area contributed by atoms with Gasteiger partial charge in [-0.3, -0.25) is 4.79 Å². The van der Waals surface area contributed by atoms with E-state index in [0.29, 0.717) is 24.4 Å². The van der Waals surface area contributed by atoms with Crippen molar-refractivity contribution in [3.05, 3.63) is 17.7 Å². The summed E-state index contributed by atoms with van der Waals surface area (Å²) in [6, 6.07) is 3.33. The zero-order valence-corrected chi connectivity index (χ0v) is 10.2. The maximum atomic E-state index is 11.3. The molecule has 98 valence electrons. The highest BCUT2D eigenvalue weighted by atomic mass is 16.5. The number of methoxy groups -OCH3 is 1. The number of anilines is 3. The molecule has 0 aliphatic carbocycles. The van der Waals surface area contributed by atoms with Gasteiger partial charge in [-0.25, -0.2) is 0 Å². The fraction of sp³-hybridized carbons (Fsp3) is 0.417. The Balaban J connectivity index is 2.19. The fourth-order valence-corrected chi connectivity index (χ4v) is 1.98. The fourth-order valence-electron chi connectivity index (χ4n) is 1.98. The van der Waals surface area contributed by atoms with Crippen molar-refractivity contribution in [2.75, 3.05) is 36.7 Å². The predicted molar refractivity (Wildman–Crippen MR) is 69.6 cm³/mol. The van der Waals surface area contributed by atoms with Crippen LogP contribution in [0.3, 0.4) is 0 Å². The average molecular weight is 251 g/mol. The van der Waals surface area contributed by atoms with E-state index in [0.717, 1.165) is 11.3 Å². The van der Waals surface area contributed by atoms with Crippen LogP contribution in [0.1, 0.15) is 5.56 Å². The molecular weight excluding hydrogens is 234 g/mol. The molecule has 1 aliphatic rings. The number of amides is 1. The lowest BCUT2D eigenvalue weighted by atomic mass is 10.1. The van der Waals surface area contributed by atoms with Gasteiger partial charge in [-0.1, -0.05) is 0 Å². The van der Waals surface area contributed by atoms with Crippen molar-refractivity contribution in [1.82, 2.24) is 0 Å². The highest BCUT2D eigenvalue weighted by Crippen LogP contribution is 2.31. The number of carbonyl (C=O) groups excluding carboxylic acids is 1. The van der Waals surface area contributed by atoms with Crippen LogP contribution in [0.5, 0.6) is 0 Å². The molecule has 6 heteroatoms. The molecule has 1 aliphatic heterocycles. The lowest BCUT2D eigenvalue weighted by molar-refractivity contribution is -0.115. The van der Waals surface area contributed by atoms with E-state index in [-0.39, 0.29) is 18.6 Å². The largest absolute Gasteiger partial charge is 0.397 e. The monoisotopic (exact) mass is 251 g/mol. The summed E-state index contributed by atoms with van der Waals surface area (Å²) in [6.45, 7) is 0.316. The van der Waals surface area contributed by atoms with Crippen LogP contribution >= 0.6 is 0 Å². The van der Waals surface area contributed by atoms with Crippen molar-refractivity contribution in [2.24, 2.45) is 0 Å².